The molecule has 2 aromatic heterocycles. The molecular weight excluding hydrogens is 372 g/mol. The molecule has 0 radical (unpaired) electrons. The predicted molar refractivity (Wildman–Crippen MR) is 108 cm³/mol. The van der Waals surface area contributed by atoms with E-state index < -0.39 is 0 Å². The number of methoxy groups -OCH3 is 2. The lowest BCUT2D eigenvalue weighted by atomic mass is 9.98. The van der Waals surface area contributed by atoms with Crippen molar-refractivity contribution in [1.82, 2.24) is 20.8 Å². The Bertz CT molecular complexity index is 994. The number of nitrogens with one attached hydrogen (secondary N) is 2. The van der Waals surface area contributed by atoms with Crippen LogP contribution in [0, 0.1) is 0 Å². The Kier molecular flexibility index (Phi) is 5.73. The summed E-state index contributed by atoms with van der Waals surface area (Å²) in [5, 5.41) is 11.2. The van der Waals surface area contributed by atoms with Gasteiger partial charge in [0.1, 0.15) is 5.75 Å². The molecule has 1 unspecified atom stereocenters. The number of hydrogen-bond donors (Lipinski definition) is 2. The van der Waals surface area contributed by atoms with Crippen molar-refractivity contribution in [2.24, 2.45) is 0 Å². The summed E-state index contributed by atoms with van der Waals surface area (Å²) >= 11 is 0. The minimum atomic E-state index is -0.195. The highest BCUT2D eigenvalue weighted by Gasteiger charge is 2.27. The van der Waals surface area contributed by atoms with Crippen molar-refractivity contribution in [3.63, 3.8) is 0 Å². The summed E-state index contributed by atoms with van der Waals surface area (Å²) in [6, 6.07) is 9.32. The zero-order valence-corrected chi connectivity index (χ0v) is 16.5. The number of hydrogen-bond acceptors (Lipinski definition) is 7. The van der Waals surface area contributed by atoms with Gasteiger partial charge in [0, 0.05) is 31.7 Å². The van der Waals surface area contributed by atoms with E-state index in [1.54, 1.807) is 20.3 Å². The number of rotatable bonds is 7. The number of ether oxygens (including phenoxy) is 2. The Morgan fingerprint density at radius 1 is 1.31 bits per heavy atom. The smallest absolute Gasteiger partial charge is 0.259 e. The van der Waals surface area contributed by atoms with E-state index >= 15 is 0 Å². The average Bonchev–Trinajstić information content (AvgIpc) is 3.42. The van der Waals surface area contributed by atoms with E-state index in [4.69, 9.17) is 14.0 Å². The summed E-state index contributed by atoms with van der Waals surface area (Å²) in [4.78, 5) is 17.6. The van der Waals surface area contributed by atoms with E-state index in [1.165, 1.54) is 0 Å². The third-order valence-electron chi connectivity index (χ3n) is 5.14. The Morgan fingerprint density at radius 3 is 2.83 bits per heavy atom. The quantitative estimate of drug-likeness (QED) is 0.592. The van der Waals surface area contributed by atoms with E-state index in [2.05, 4.69) is 20.8 Å². The molecular formula is C21H24N4O4. The predicted octanol–water partition coefficient (Wildman–Crippen LogP) is 2.35. The Balaban J connectivity index is 1.79. The van der Waals surface area contributed by atoms with Gasteiger partial charge in [0.25, 0.3) is 11.6 Å². The molecule has 8 heteroatoms. The fraction of sp³-hybridized carbons (Fsp3) is 0.381. The lowest BCUT2D eigenvalue weighted by Gasteiger charge is -2.10. The molecule has 1 atom stereocenters. The van der Waals surface area contributed by atoms with E-state index in [1.807, 2.05) is 24.3 Å². The van der Waals surface area contributed by atoms with Gasteiger partial charge in [-0.15, -0.1) is 0 Å². The molecule has 2 N–H and O–H groups in total. The summed E-state index contributed by atoms with van der Waals surface area (Å²) in [6.07, 6.45) is 0.951. The maximum atomic E-state index is 13.0. The fourth-order valence-electron chi connectivity index (χ4n) is 3.59. The molecule has 152 valence electrons. The number of carbonyl (C=O) groups excluding carboxylic acids is 1. The Hall–Kier alpha value is -2.97. The van der Waals surface area contributed by atoms with Crippen molar-refractivity contribution in [2.45, 2.75) is 12.3 Å². The second-order valence-corrected chi connectivity index (χ2v) is 6.97. The molecule has 0 aliphatic carbocycles. The molecule has 0 bridgehead atoms. The molecule has 3 heterocycles. The van der Waals surface area contributed by atoms with Crippen molar-refractivity contribution < 1.29 is 18.8 Å². The summed E-state index contributed by atoms with van der Waals surface area (Å²) in [5.41, 5.74) is 3.18. The summed E-state index contributed by atoms with van der Waals surface area (Å²) in [5.74, 6) is 0.762. The number of benzene rings is 1. The van der Waals surface area contributed by atoms with Crippen LogP contribution < -0.4 is 15.4 Å². The number of nitrogens with zero attached hydrogens (tertiary/aromatic N) is 2. The Labute approximate surface area is 168 Å². The van der Waals surface area contributed by atoms with Crippen LogP contribution >= 0.6 is 0 Å². The van der Waals surface area contributed by atoms with Gasteiger partial charge >= 0.3 is 0 Å². The Morgan fingerprint density at radius 2 is 2.14 bits per heavy atom. The fourth-order valence-corrected chi connectivity index (χ4v) is 3.59. The van der Waals surface area contributed by atoms with Gasteiger partial charge in [0.15, 0.2) is 0 Å². The van der Waals surface area contributed by atoms with Crippen LogP contribution in [0.25, 0.3) is 22.4 Å². The van der Waals surface area contributed by atoms with Crippen LogP contribution in [0.3, 0.4) is 0 Å². The van der Waals surface area contributed by atoms with Crippen LogP contribution in [-0.2, 0) is 4.74 Å². The standard InChI is InChI=1S/C21H24N4O4/c1-27-10-9-23-20(26)16-11-17(13-3-5-15(28-2)6-4-13)24-21-18(16)19(25-29-21)14-7-8-22-12-14/h3-6,11,14,22H,7-10,12H2,1-2H3,(H,23,26). The van der Waals surface area contributed by atoms with Gasteiger partial charge < -0.3 is 24.6 Å². The first-order valence-corrected chi connectivity index (χ1v) is 9.64. The third-order valence-corrected chi connectivity index (χ3v) is 5.14. The number of carbonyl (C=O) groups is 1. The SMILES string of the molecule is COCCNC(=O)c1cc(-c2ccc(OC)cc2)nc2onc(C3CCNC3)c12. The van der Waals surface area contributed by atoms with Crippen LogP contribution in [0.5, 0.6) is 5.75 Å². The third kappa shape index (κ3) is 3.94. The second kappa shape index (κ2) is 8.59. The number of fused-ring (bicyclic) bond motifs is 1. The van der Waals surface area contributed by atoms with Crippen LogP contribution in [0.4, 0.5) is 0 Å². The molecule has 3 aromatic rings. The van der Waals surface area contributed by atoms with Crippen LogP contribution in [0.15, 0.2) is 34.9 Å². The minimum Gasteiger partial charge on any atom is -0.497 e. The highest BCUT2D eigenvalue weighted by Crippen LogP contribution is 2.33. The topological polar surface area (TPSA) is 98.5 Å². The van der Waals surface area contributed by atoms with Crippen molar-refractivity contribution >= 4 is 17.0 Å². The van der Waals surface area contributed by atoms with Crippen LogP contribution in [0.1, 0.15) is 28.4 Å². The normalized spacial score (nSPS) is 16.3. The highest BCUT2D eigenvalue weighted by atomic mass is 16.5. The average molecular weight is 396 g/mol. The van der Waals surface area contributed by atoms with Gasteiger partial charge in [-0.2, -0.15) is 0 Å². The summed E-state index contributed by atoms with van der Waals surface area (Å²) in [7, 11) is 3.22. The van der Waals surface area contributed by atoms with Gasteiger partial charge in [0.05, 0.1) is 36.1 Å². The van der Waals surface area contributed by atoms with Crippen molar-refractivity contribution in [3.8, 4) is 17.0 Å². The minimum absolute atomic E-state index is 0.195. The summed E-state index contributed by atoms with van der Waals surface area (Å²) < 4.78 is 15.8. The maximum absolute atomic E-state index is 13.0. The molecule has 8 nitrogen and oxygen atoms in total. The number of aromatic nitrogens is 2. The summed E-state index contributed by atoms with van der Waals surface area (Å²) in [6.45, 7) is 2.59. The van der Waals surface area contributed by atoms with Gasteiger partial charge in [-0.05, 0) is 43.3 Å². The molecule has 1 aliphatic rings. The van der Waals surface area contributed by atoms with E-state index in [0.717, 1.165) is 36.5 Å². The van der Waals surface area contributed by atoms with Gasteiger partial charge in [-0.3, -0.25) is 4.79 Å². The van der Waals surface area contributed by atoms with Crippen LogP contribution in [-0.4, -0.2) is 56.5 Å². The first-order valence-electron chi connectivity index (χ1n) is 9.64. The molecule has 0 spiro atoms. The second-order valence-electron chi connectivity index (χ2n) is 6.97. The number of pyridine rings is 1. The molecule has 1 aromatic carbocycles. The van der Waals surface area contributed by atoms with E-state index in [9.17, 15) is 4.79 Å². The largest absolute Gasteiger partial charge is 0.497 e. The zero-order valence-electron chi connectivity index (χ0n) is 16.5. The zero-order chi connectivity index (χ0) is 20.2. The highest BCUT2D eigenvalue weighted by molar-refractivity contribution is 6.07. The van der Waals surface area contributed by atoms with E-state index in [0.29, 0.717) is 35.5 Å². The molecule has 4 rings (SSSR count). The maximum Gasteiger partial charge on any atom is 0.259 e. The van der Waals surface area contributed by atoms with Gasteiger partial charge in [-0.1, -0.05) is 5.16 Å². The molecule has 1 saturated heterocycles. The molecule has 1 amide bonds. The monoisotopic (exact) mass is 396 g/mol. The lowest BCUT2D eigenvalue weighted by molar-refractivity contribution is 0.0938. The van der Waals surface area contributed by atoms with Gasteiger partial charge in [-0.25, -0.2) is 4.98 Å². The van der Waals surface area contributed by atoms with Crippen molar-refractivity contribution in [1.29, 1.82) is 0 Å². The molecule has 0 saturated carbocycles. The van der Waals surface area contributed by atoms with E-state index in [-0.39, 0.29) is 11.8 Å². The van der Waals surface area contributed by atoms with Gasteiger partial charge in [0.2, 0.25) is 0 Å². The molecule has 29 heavy (non-hydrogen) atoms. The number of amides is 1. The van der Waals surface area contributed by atoms with Crippen molar-refractivity contribution in [3.05, 3.63) is 41.6 Å². The first-order chi connectivity index (χ1) is 14.2. The molecule has 1 aliphatic heterocycles. The van der Waals surface area contributed by atoms with Crippen LogP contribution in [0.2, 0.25) is 0 Å². The molecule has 1 fully saturated rings. The lowest BCUT2D eigenvalue weighted by Crippen LogP contribution is -2.27. The first kappa shape index (κ1) is 19.4. The van der Waals surface area contributed by atoms with Crippen molar-refractivity contribution in [2.75, 3.05) is 40.5 Å².